The second kappa shape index (κ2) is 21.0. The van der Waals surface area contributed by atoms with Crippen molar-refractivity contribution in [3.8, 4) is 0 Å². The number of rotatable bonds is 13. The van der Waals surface area contributed by atoms with Crippen molar-refractivity contribution >= 4 is 0 Å². The van der Waals surface area contributed by atoms with Gasteiger partial charge in [0.05, 0.1) is 0 Å². The molecular weight excluding hydrogens is 240 g/mol. The third-order valence-corrected chi connectivity index (χ3v) is 3.26. The Hall–Kier alpha value is -0.260. The Morgan fingerprint density at radius 2 is 0.950 bits per heavy atom. The highest BCUT2D eigenvalue weighted by Gasteiger charge is 1.92. The van der Waals surface area contributed by atoms with E-state index in [2.05, 4.69) is 34.3 Å². The third kappa shape index (κ3) is 30.6. The van der Waals surface area contributed by atoms with Gasteiger partial charge in [-0.1, -0.05) is 104 Å². The normalized spacial score (nSPS) is 10.2. The molecule has 0 aliphatic rings. The van der Waals surface area contributed by atoms with Crippen molar-refractivity contribution in [2.45, 2.75) is 111 Å². The number of hydrogen-bond acceptors (Lipinski definition) is 0. The van der Waals surface area contributed by atoms with Gasteiger partial charge in [0.2, 0.25) is 0 Å². The molecule has 0 fully saturated rings. The van der Waals surface area contributed by atoms with Gasteiger partial charge < -0.3 is 0 Å². The van der Waals surface area contributed by atoms with Crippen LogP contribution in [0.5, 0.6) is 0 Å². The van der Waals surface area contributed by atoms with Gasteiger partial charge >= 0.3 is 0 Å². The number of hydrogen-bond donors (Lipinski definition) is 0. The molecule has 0 amide bonds. The molecule has 20 heavy (non-hydrogen) atoms. The molecule has 0 N–H and O–H groups in total. The molecule has 0 spiro atoms. The minimum Gasteiger partial charge on any atom is -0.103 e. The molecule has 0 unspecified atom stereocenters. The van der Waals surface area contributed by atoms with Crippen molar-refractivity contribution in [1.82, 2.24) is 0 Å². The van der Waals surface area contributed by atoms with E-state index in [1.165, 1.54) is 83.5 Å². The molecule has 0 nitrogen and oxygen atoms in total. The van der Waals surface area contributed by atoms with Gasteiger partial charge in [-0.05, 0) is 18.8 Å². The lowest BCUT2D eigenvalue weighted by Gasteiger charge is -2.02. The molecule has 0 bridgehead atoms. The molecule has 0 radical (unpaired) electrons. The van der Waals surface area contributed by atoms with Crippen LogP contribution in [-0.4, -0.2) is 0 Å². The lowest BCUT2D eigenvalue weighted by molar-refractivity contribution is 0.545. The maximum atomic E-state index is 3.75. The molecule has 0 saturated carbocycles. The van der Waals surface area contributed by atoms with Crippen molar-refractivity contribution in [3.63, 3.8) is 0 Å². The van der Waals surface area contributed by atoms with E-state index < -0.39 is 0 Å². The van der Waals surface area contributed by atoms with Gasteiger partial charge in [-0.2, -0.15) is 0 Å². The fourth-order valence-electron chi connectivity index (χ4n) is 2.13. The summed E-state index contributed by atoms with van der Waals surface area (Å²) in [4.78, 5) is 0. The molecule has 0 saturated heterocycles. The molecule has 0 atom stereocenters. The molecule has 0 aliphatic carbocycles. The summed E-state index contributed by atoms with van der Waals surface area (Å²) < 4.78 is 0. The van der Waals surface area contributed by atoms with E-state index >= 15 is 0 Å². The van der Waals surface area contributed by atoms with Crippen LogP contribution < -0.4 is 0 Å². The summed E-state index contributed by atoms with van der Waals surface area (Å²) in [6.45, 7) is 12.5. The van der Waals surface area contributed by atoms with Gasteiger partial charge in [-0.25, -0.2) is 0 Å². The van der Waals surface area contributed by atoms with Crippen LogP contribution in [0.3, 0.4) is 0 Å². The zero-order chi connectivity index (χ0) is 15.5. The SMILES string of the molecule is C=CCCCCCCCCCCCCCC.CC(C)C. The lowest BCUT2D eigenvalue weighted by atomic mass is 10.0. The predicted octanol–water partition coefficient (Wildman–Crippen LogP) is 7.93. The molecule has 122 valence electrons. The van der Waals surface area contributed by atoms with Crippen LogP contribution >= 0.6 is 0 Å². The highest BCUT2D eigenvalue weighted by atomic mass is 14.0. The fourth-order valence-corrected chi connectivity index (χ4v) is 2.13. The highest BCUT2D eigenvalue weighted by Crippen LogP contribution is 2.12. The van der Waals surface area contributed by atoms with Crippen molar-refractivity contribution in [3.05, 3.63) is 12.7 Å². The first-order valence-corrected chi connectivity index (χ1v) is 9.26. The standard InChI is InChI=1S/C16H32.C4H10/c1-3-5-7-9-11-13-15-16-14-12-10-8-6-4-2;1-4(2)3/h3H,1,4-16H2,2H3;4H,1-3H3. The van der Waals surface area contributed by atoms with Gasteiger partial charge in [0, 0.05) is 0 Å². The van der Waals surface area contributed by atoms with E-state index in [4.69, 9.17) is 0 Å². The summed E-state index contributed by atoms with van der Waals surface area (Å²) in [5.41, 5.74) is 0. The molecular formula is C20H42. The molecule has 0 aromatic rings. The van der Waals surface area contributed by atoms with Crippen molar-refractivity contribution in [1.29, 1.82) is 0 Å². The Bertz CT molecular complexity index is 155. The molecule has 0 heterocycles. The molecule has 0 aliphatic heterocycles. The van der Waals surface area contributed by atoms with E-state index in [1.807, 2.05) is 6.08 Å². The zero-order valence-corrected chi connectivity index (χ0v) is 15.1. The van der Waals surface area contributed by atoms with Crippen molar-refractivity contribution in [2.24, 2.45) is 5.92 Å². The number of unbranched alkanes of at least 4 members (excludes halogenated alkanes) is 12. The lowest BCUT2D eigenvalue weighted by Crippen LogP contribution is -1.82. The van der Waals surface area contributed by atoms with E-state index in [0.717, 1.165) is 5.92 Å². The summed E-state index contributed by atoms with van der Waals surface area (Å²) in [7, 11) is 0. The average molecular weight is 283 g/mol. The summed E-state index contributed by atoms with van der Waals surface area (Å²) in [6.07, 6.45) is 20.5. The van der Waals surface area contributed by atoms with Crippen LogP contribution in [0.4, 0.5) is 0 Å². The van der Waals surface area contributed by atoms with Gasteiger partial charge in [0.25, 0.3) is 0 Å². The summed E-state index contributed by atoms with van der Waals surface area (Å²) >= 11 is 0. The van der Waals surface area contributed by atoms with Crippen LogP contribution in [0.1, 0.15) is 111 Å². The smallest absolute Gasteiger partial charge is 0.0353 e. The van der Waals surface area contributed by atoms with Gasteiger partial charge in [-0.3, -0.25) is 0 Å². The summed E-state index contributed by atoms with van der Waals surface area (Å²) in [6, 6.07) is 0. The first-order chi connectivity index (χ1) is 9.65. The quantitative estimate of drug-likeness (QED) is 0.238. The van der Waals surface area contributed by atoms with Crippen molar-refractivity contribution in [2.75, 3.05) is 0 Å². The number of allylic oxidation sites excluding steroid dienone is 1. The van der Waals surface area contributed by atoms with Crippen LogP contribution in [0.25, 0.3) is 0 Å². The topological polar surface area (TPSA) is 0 Å². The molecule has 0 rings (SSSR count). The van der Waals surface area contributed by atoms with E-state index in [9.17, 15) is 0 Å². The Morgan fingerprint density at radius 3 is 1.25 bits per heavy atom. The largest absolute Gasteiger partial charge is 0.103 e. The first kappa shape index (κ1) is 22.0. The minimum atomic E-state index is 0.833. The van der Waals surface area contributed by atoms with E-state index in [1.54, 1.807) is 0 Å². The van der Waals surface area contributed by atoms with E-state index in [0.29, 0.717) is 0 Å². The molecule has 0 heteroatoms. The Morgan fingerprint density at radius 1 is 0.650 bits per heavy atom. The van der Waals surface area contributed by atoms with Crippen LogP contribution in [0.2, 0.25) is 0 Å². The van der Waals surface area contributed by atoms with Crippen molar-refractivity contribution < 1.29 is 0 Å². The maximum Gasteiger partial charge on any atom is -0.0353 e. The second-order valence-corrected chi connectivity index (χ2v) is 6.70. The third-order valence-electron chi connectivity index (χ3n) is 3.26. The Labute approximate surface area is 130 Å². The molecule has 0 aromatic heterocycles. The fraction of sp³-hybridized carbons (Fsp3) is 0.900. The first-order valence-electron chi connectivity index (χ1n) is 9.26. The van der Waals surface area contributed by atoms with Gasteiger partial charge in [-0.15, -0.1) is 6.58 Å². The minimum absolute atomic E-state index is 0.833. The zero-order valence-electron chi connectivity index (χ0n) is 15.1. The van der Waals surface area contributed by atoms with Crippen LogP contribution in [0.15, 0.2) is 12.7 Å². The van der Waals surface area contributed by atoms with Crippen LogP contribution in [0, 0.1) is 5.92 Å². The Balaban J connectivity index is 0. The maximum absolute atomic E-state index is 3.75. The second-order valence-electron chi connectivity index (χ2n) is 6.70. The average Bonchev–Trinajstić information content (AvgIpc) is 2.39. The summed E-state index contributed by atoms with van der Waals surface area (Å²) in [5.74, 6) is 0.833. The molecule has 0 aromatic carbocycles. The van der Waals surface area contributed by atoms with Gasteiger partial charge in [0.1, 0.15) is 0 Å². The summed E-state index contributed by atoms with van der Waals surface area (Å²) in [5, 5.41) is 0. The van der Waals surface area contributed by atoms with Gasteiger partial charge in [0.15, 0.2) is 0 Å². The monoisotopic (exact) mass is 282 g/mol. The highest BCUT2D eigenvalue weighted by molar-refractivity contribution is 4.65. The van der Waals surface area contributed by atoms with E-state index in [-0.39, 0.29) is 0 Å². The van der Waals surface area contributed by atoms with Crippen LogP contribution in [-0.2, 0) is 0 Å². The Kier molecular flexibility index (Phi) is 23.2. The predicted molar refractivity (Wildman–Crippen MR) is 96.4 cm³/mol.